The summed E-state index contributed by atoms with van der Waals surface area (Å²) in [5, 5.41) is 2.85. The minimum absolute atomic E-state index is 0.0907. The Balaban J connectivity index is 1.64. The van der Waals surface area contributed by atoms with Crippen LogP contribution >= 0.6 is 11.6 Å². The summed E-state index contributed by atoms with van der Waals surface area (Å²) in [6, 6.07) is 6.18. The summed E-state index contributed by atoms with van der Waals surface area (Å²) >= 11 is 6.05. The van der Waals surface area contributed by atoms with Gasteiger partial charge in [0.2, 0.25) is 0 Å². The molecule has 0 atom stereocenters. The van der Waals surface area contributed by atoms with Crippen molar-refractivity contribution in [2.45, 2.75) is 6.42 Å². The van der Waals surface area contributed by atoms with Crippen molar-refractivity contribution in [3.8, 4) is 0 Å². The maximum atomic E-state index is 14.4. The highest BCUT2D eigenvalue weighted by molar-refractivity contribution is 6.47. The number of nitrogens with zero attached hydrogens (tertiary/aromatic N) is 4. The summed E-state index contributed by atoms with van der Waals surface area (Å²) in [6.45, 7) is 0.691. The third-order valence-corrected chi connectivity index (χ3v) is 5.90. The normalized spacial score (nSPS) is 17.4. The Bertz CT molecular complexity index is 1440. The summed E-state index contributed by atoms with van der Waals surface area (Å²) in [7, 11) is 0. The van der Waals surface area contributed by atoms with Gasteiger partial charge in [0.1, 0.15) is 11.5 Å². The first-order chi connectivity index (χ1) is 15.0. The molecular weight excluding hydrogens is 421 g/mol. The Morgan fingerprint density at radius 2 is 1.97 bits per heavy atom. The Kier molecular flexibility index (Phi) is 3.70. The number of benzene rings is 1. The fourth-order valence-electron chi connectivity index (χ4n) is 4.39. The molecule has 0 unspecified atom stereocenters. The number of imidazole rings is 1. The highest BCUT2D eigenvalue weighted by atomic mass is 35.5. The molecule has 1 N–H and O–H groups in total. The Labute approximate surface area is 180 Å². The topological polar surface area (TPSA) is 79.1 Å². The Morgan fingerprint density at radius 3 is 2.84 bits per heavy atom. The van der Waals surface area contributed by atoms with Crippen LogP contribution in [0, 0.1) is 5.82 Å². The average Bonchev–Trinajstić information content (AvgIpc) is 3.36. The molecule has 9 heteroatoms. The lowest BCUT2D eigenvalue weighted by Gasteiger charge is -2.17. The molecule has 3 aromatic rings. The number of nitrogens with one attached hydrogen (secondary N) is 1. The molecule has 0 saturated carbocycles. The third kappa shape index (κ3) is 2.58. The molecule has 0 spiro atoms. The second kappa shape index (κ2) is 6.36. The molecule has 6 rings (SSSR count). The molecule has 2 amide bonds. The lowest BCUT2D eigenvalue weighted by atomic mass is 9.94. The summed E-state index contributed by atoms with van der Waals surface area (Å²) in [5.41, 5.74) is 3.55. The first kappa shape index (κ1) is 18.0. The quantitative estimate of drug-likeness (QED) is 0.630. The predicted octanol–water partition coefficient (Wildman–Crippen LogP) is 2.87. The summed E-state index contributed by atoms with van der Waals surface area (Å²) < 4.78 is 16.1. The molecule has 0 bridgehead atoms. The van der Waals surface area contributed by atoms with Crippen molar-refractivity contribution in [1.82, 2.24) is 14.7 Å². The fourth-order valence-corrected chi connectivity index (χ4v) is 4.55. The lowest BCUT2D eigenvalue weighted by molar-refractivity contribution is -0.123. The first-order valence-electron chi connectivity index (χ1n) is 9.58. The molecule has 5 heterocycles. The van der Waals surface area contributed by atoms with Gasteiger partial charge in [-0.05, 0) is 30.2 Å². The van der Waals surface area contributed by atoms with Crippen molar-refractivity contribution in [3.63, 3.8) is 0 Å². The van der Waals surface area contributed by atoms with Gasteiger partial charge < -0.3 is 4.90 Å². The molecular formula is C22H13ClFN5O2. The number of pyridine rings is 1. The molecule has 1 aromatic carbocycles. The largest absolute Gasteiger partial charge is 0.345 e. The zero-order valence-corrected chi connectivity index (χ0v) is 16.7. The molecule has 31 heavy (non-hydrogen) atoms. The van der Waals surface area contributed by atoms with Gasteiger partial charge >= 0.3 is 0 Å². The van der Waals surface area contributed by atoms with Crippen LogP contribution in [0.2, 0.25) is 5.02 Å². The van der Waals surface area contributed by atoms with Gasteiger partial charge in [-0.3, -0.25) is 24.3 Å². The number of halogens is 2. The van der Waals surface area contributed by atoms with Crippen LogP contribution in [-0.4, -0.2) is 33.5 Å². The van der Waals surface area contributed by atoms with Crippen LogP contribution in [0.15, 0.2) is 59.6 Å². The first-order valence-corrected chi connectivity index (χ1v) is 9.96. The average molecular weight is 434 g/mol. The minimum atomic E-state index is -0.583. The van der Waals surface area contributed by atoms with E-state index in [-0.39, 0.29) is 16.9 Å². The van der Waals surface area contributed by atoms with E-state index < -0.39 is 17.6 Å². The second-order valence-corrected chi connectivity index (χ2v) is 7.87. The molecule has 7 nitrogen and oxygen atoms in total. The van der Waals surface area contributed by atoms with Crippen LogP contribution in [0.5, 0.6) is 0 Å². The van der Waals surface area contributed by atoms with Crippen LogP contribution < -0.4 is 10.2 Å². The smallest absolute Gasteiger partial charge is 0.261 e. The number of rotatable bonds is 2. The van der Waals surface area contributed by atoms with E-state index in [2.05, 4.69) is 15.3 Å². The highest BCUT2D eigenvalue weighted by Gasteiger charge is 2.38. The summed E-state index contributed by atoms with van der Waals surface area (Å²) in [6.07, 6.45) is 7.23. The number of carbonyl (C=O) groups excluding carboxylic acids is 2. The maximum absolute atomic E-state index is 14.4. The summed E-state index contributed by atoms with van der Waals surface area (Å²) in [5.74, 6) is -1.56. The van der Waals surface area contributed by atoms with E-state index >= 15 is 0 Å². The van der Waals surface area contributed by atoms with E-state index in [0.29, 0.717) is 34.9 Å². The molecule has 0 fully saturated rings. The van der Waals surface area contributed by atoms with E-state index in [1.54, 1.807) is 35.1 Å². The number of aliphatic imine (C=N–C) groups is 1. The SMILES string of the molecule is O=C1NC(=O)C(c2cnc3cc(Cl)ccn23)=C1C1=NC=CN2CCc3cc(F)cc1c32. The van der Waals surface area contributed by atoms with Crippen LogP contribution in [0.25, 0.3) is 11.2 Å². The van der Waals surface area contributed by atoms with Crippen LogP contribution in [0.4, 0.5) is 10.1 Å². The molecule has 0 saturated heterocycles. The van der Waals surface area contributed by atoms with Crippen molar-refractivity contribution in [2.24, 2.45) is 4.99 Å². The predicted molar refractivity (Wildman–Crippen MR) is 113 cm³/mol. The van der Waals surface area contributed by atoms with E-state index in [1.807, 2.05) is 4.90 Å². The van der Waals surface area contributed by atoms with Crippen molar-refractivity contribution in [2.75, 3.05) is 11.4 Å². The van der Waals surface area contributed by atoms with Gasteiger partial charge in [-0.25, -0.2) is 9.37 Å². The molecule has 0 aliphatic carbocycles. The van der Waals surface area contributed by atoms with Crippen molar-refractivity contribution in [1.29, 1.82) is 0 Å². The van der Waals surface area contributed by atoms with Gasteiger partial charge in [-0.15, -0.1) is 0 Å². The van der Waals surface area contributed by atoms with Gasteiger partial charge in [0.05, 0.1) is 34.4 Å². The molecule has 3 aliphatic heterocycles. The van der Waals surface area contributed by atoms with Crippen molar-refractivity contribution < 1.29 is 14.0 Å². The summed E-state index contributed by atoms with van der Waals surface area (Å²) in [4.78, 5) is 36.5. The molecule has 0 radical (unpaired) electrons. The van der Waals surface area contributed by atoms with Gasteiger partial charge in [0.25, 0.3) is 11.8 Å². The van der Waals surface area contributed by atoms with Crippen molar-refractivity contribution in [3.05, 3.63) is 82.3 Å². The Hall–Kier alpha value is -3.78. The molecule has 2 aromatic heterocycles. The van der Waals surface area contributed by atoms with Crippen LogP contribution in [0.1, 0.15) is 16.8 Å². The number of amides is 2. The van der Waals surface area contributed by atoms with Crippen LogP contribution in [-0.2, 0) is 16.0 Å². The van der Waals surface area contributed by atoms with E-state index in [9.17, 15) is 14.0 Å². The second-order valence-electron chi connectivity index (χ2n) is 7.43. The standard InChI is InChI=1S/C22H13ClFN5O2/c23-12-2-5-29-15(10-26-16(29)8-12)17-18(22(31)27-21(17)30)19-14-9-13(24)7-11-1-4-28(20(11)14)6-3-25-19/h2-3,5-10H,1,4H2,(H,27,30,31). The van der Waals surface area contributed by atoms with E-state index in [1.165, 1.54) is 18.3 Å². The van der Waals surface area contributed by atoms with Crippen LogP contribution in [0.3, 0.4) is 0 Å². The van der Waals surface area contributed by atoms with E-state index in [0.717, 1.165) is 11.3 Å². The fraction of sp³-hybridized carbons (Fsp3) is 0.0909. The number of carbonyl (C=O) groups is 2. The van der Waals surface area contributed by atoms with Gasteiger partial charge in [0, 0.05) is 41.8 Å². The molecule has 3 aliphatic rings. The molecule has 152 valence electrons. The van der Waals surface area contributed by atoms with Gasteiger partial charge in [0.15, 0.2) is 0 Å². The minimum Gasteiger partial charge on any atom is -0.345 e. The van der Waals surface area contributed by atoms with Gasteiger partial charge in [-0.1, -0.05) is 11.6 Å². The third-order valence-electron chi connectivity index (χ3n) is 5.67. The van der Waals surface area contributed by atoms with Gasteiger partial charge in [-0.2, -0.15) is 0 Å². The monoisotopic (exact) mass is 433 g/mol. The lowest BCUT2D eigenvalue weighted by Crippen LogP contribution is -2.25. The number of anilines is 1. The maximum Gasteiger partial charge on any atom is 0.261 e. The Morgan fingerprint density at radius 1 is 1.13 bits per heavy atom. The number of hydrogen-bond acceptors (Lipinski definition) is 5. The number of imide groups is 1. The number of fused-ring (bicyclic) bond motifs is 1. The zero-order valence-electron chi connectivity index (χ0n) is 15.9. The van der Waals surface area contributed by atoms with E-state index in [4.69, 9.17) is 11.6 Å². The number of hydrogen-bond donors (Lipinski definition) is 1. The number of aromatic nitrogens is 2. The van der Waals surface area contributed by atoms with Crippen molar-refractivity contribution >= 4 is 46.0 Å². The highest BCUT2D eigenvalue weighted by Crippen LogP contribution is 2.38. The zero-order chi connectivity index (χ0) is 21.3.